The van der Waals surface area contributed by atoms with Crippen LogP contribution in [0.5, 0.6) is 11.5 Å². The van der Waals surface area contributed by atoms with Gasteiger partial charge in [-0.2, -0.15) is 0 Å². The molecule has 1 heterocycles. The van der Waals surface area contributed by atoms with Gasteiger partial charge >= 0.3 is 0 Å². The molecule has 10 heteroatoms. The summed E-state index contributed by atoms with van der Waals surface area (Å²) in [5.74, 6) is -1.89. The molecule has 186 valence electrons. The van der Waals surface area contributed by atoms with E-state index < -0.39 is 17.3 Å². The van der Waals surface area contributed by atoms with Gasteiger partial charge in [0.05, 0.1) is 37.6 Å². The summed E-state index contributed by atoms with van der Waals surface area (Å²) >= 11 is 32.1. The van der Waals surface area contributed by atoms with Crippen LogP contribution < -0.4 is 0 Å². The Morgan fingerprint density at radius 3 is 2.22 bits per heavy atom. The quantitative estimate of drug-likeness (QED) is 0.228. The molecule has 0 unspecified atom stereocenters. The van der Waals surface area contributed by atoms with E-state index in [0.29, 0.717) is 10.8 Å². The van der Waals surface area contributed by atoms with Crippen molar-refractivity contribution in [3.8, 4) is 11.5 Å². The molecular weight excluding hydrogens is 580 g/mol. The molecule has 1 aromatic heterocycles. The first-order chi connectivity index (χ1) is 17.6. The van der Waals surface area contributed by atoms with Gasteiger partial charge in [0, 0.05) is 22.4 Å². The highest BCUT2D eigenvalue weighted by Gasteiger charge is 2.34. The van der Waals surface area contributed by atoms with Gasteiger partial charge in [-0.25, -0.2) is 0 Å². The van der Waals surface area contributed by atoms with Gasteiger partial charge in [0.15, 0.2) is 5.78 Å². The second-order valence-corrected chi connectivity index (χ2v) is 10.2. The molecular formula is C27H14Cl5NO4. The number of aromatic hydroxyl groups is 2. The molecule has 5 nitrogen and oxygen atoms in total. The maximum absolute atomic E-state index is 13.8. The van der Waals surface area contributed by atoms with Crippen LogP contribution in [0.25, 0.3) is 16.5 Å². The Morgan fingerprint density at radius 2 is 1.49 bits per heavy atom. The number of fused-ring (bicyclic) bond motifs is 1. The molecule has 0 saturated carbocycles. The van der Waals surface area contributed by atoms with E-state index in [1.165, 1.54) is 28.8 Å². The van der Waals surface area contributed by atoms with Crippen LogP contribution in [0.2, 0.25) is 15.2 Å². The van der Waals surface area contributed by atoms with Crippen LogP contribution in [0.15, 0.2) is 76.3 Å². The molecule has 0 saturated heterocycles. The molecule has 5 rings (SSSR count). The lowest BCUT2D eigenvalue weighted by Crippen LogP contribution is -2.13. The van der Waals surface area contributed by atoms with Crippen LogP contribution in [0.3, 0.4) is 0 Å². The lowest BCUT2D eigenvalue weighted by Gasteiger charge is -2.16. The van der Waals surface area contributed by atoms with E-state index in [1.807, 2.05) is 0 Å². The number of hydrogen-bond donors (Lipinski definition) is 2. The summed E-state index contributed by atoms with van der Waals surface area (Å²) < 4.78 is 1.22. The first-order valence-electron chi connectivity index (χ1n) is 10.7. The van der Waals surface area contributed by atoms with Crippen molar-refractivity contribution in [2.45, 2.75) is 6.42 Å². The summed E-state index contributed by atoms with van der Waals surface area (Å²) in [6.45, 7) is 0. The lowest BCUT2D eigenvalue weighted by atomic mass is 10.00. The van der Waals surface area contributed by atoms with Crippen LogP contribution in [0.4, 0.5) is 0 Å². The lowest BCUT2D eigenvalue weighted by molar-refractivity contribution is 0.101. The monoisotopic (exact) mass is 591 g/mol. The van der Waals surface area contributed by atoms with Crippen molar-refractivity contribution in [2.75, 3.05) is 0 Å². The van der Waals surface area contributed by atoms with Gasteiger partial charge in [-0.15, -0.1) is 0 Å². The van der Waals surface area contributed by atoms with Crippen molar-refractivity contribution in [1.82, 2.24) is 4.57 Å². The molecule has 0 aliphatic heterocycles. The van der Waals surface area contributed by atoms with E-state index >= 15 is 0 Å². The number of carbonyl (C=O) groups is 2. The van der Waals surface area contributed by atoms with Gasteiger partial charge in [0.2, 0.25) is 5.78 Å². The molecule has 1 aliphatic carbocycles. The molecule has 4 aromatic rings. The molecule has 1 aliphatic rings. The zero-order valence-electron chi connectivity index (χ0n) is 18.5. The minimum atomic E-state index is -0.673. The van der Waals surface area contributed by atoms with Crippen LogP contribution in [0, 0.1) is 0 Å². The van der Waals surface area contributed by atoms with Gasteiger partial charge < -0.3 is 10.2 Å². The number of hydrogen-bond acceptors (Lipinski definition) is 4. The minimum Gasteiger partial charge on any atom is -0.507 e. The SMILES string of the molecule is O=C(C1=C(n2c(C(=O)c3cc4ccccc4c(Cl)c3O)cc(Cl)c2Cl)C(Cl)=C(Cl)C1)c1ccccc1O. The summed E-state index contributed by atoms with van der Waals surface area (Å²) in [5.41, 5.74) is -0.0213. The number of nitrogens with zero attached hydrogens (tertiary/aromatic N) is 1. The Kier molecular flexibility index (Phi) is 6.77. The summed E-state index contributed by atoms with van der Waals surface area (Å²) in [6, 6.07) is 15.8. The van der Waals surface area contributed by atoms with Crippen molar-refractivity contribution in [2.24, 2.45) is 0 Å². The number of benzene rings is 3. The third-order valence-electron chi connectivity index (χ3n) is 6.05. The second-order valence-electron chi connectivity index (χ2n) is 8.21. The molecule has 3 aromatic carbocycles. The van der Waals surface area contributed by atoms with E-state index in [2.05, 4.69) is 0 Å². The first kappa shape index (κ1) is 25.7. The number of Topliss-reactive ketones (excluding diaryl/α,β-unsaturated/α-hetero) is 1. The number of halogens is 5. The highest BCUT2D eigenvalue weighted by Crippen LogP contribution is 2.46. The number of aromatic nitrogens is 1. The predicted molar refractivity (Wildman–Crippen MR) is 148 cm³/mol. The highest BCUT2D eigenvalue weighted by atomic mass is 35.5. The van der Waals surface area contributed by atoms with E-state index in [1.54, 1.807) is 36.4 Å². The number of phenols is 2. The standard InChI is InChI=1S/C27H14Cl5NO4/c28-17-10-15(24(35)14-7-3-4-8-20(14)34)23(22(17)31)33-19(11-18(29)27(33)32)25(36)16-9-12-5-1-2-6-13(12)21(30)26(16)37/h1-9,11,34,37H,10H2. The number of rotatable bonds is 5. The Morgan fingerprint density at radius 1 is 0.811 bits per heavy atom. The van der Waals surface area contributed by atoms with Gasteiger partial charge in [0.25, 0.3) is 0 Å². The number of carbonyl (C=O) groups excluding carboxylic acids is 2. The average Bonchev–Trinajstić information content (AvgIpc) is 3.35. The van der Waals surface area contributed by atoms with Crippen molar-refractivity contribution in [3.05, 3.63) is 108 Å². The van der Waals surface area contributed by atoms with E-state index in [0.717, 1.165) is 0 Å². The molecule has 0 fully saturated rings. The molecule has 0 radical (unpaired) electrons. The predicted octanol–water partition coefficient (Wildman–Crippen LogP) is 8.43. The minimum absolute atomic E-state index is 0.00531. The first-order valence-corrected chi connectivity index (χ1v) is 12.6. The maximum Gasteiger partial charge on any atom is 0.213 e. The number of allylic oxidation sites excluding steroid dienone is 4. The molecule has 37 heavy (non-hydrogen) atoms. The third kappa shape index (κ3) is 4.21. The van der Waals surface area contributed by atoms with E-state index in [-0.39, 0.29) is 65.5 Å². The largest absolute Gasteiger partial charge is 0.507 e. The zero-order chi connectivity index (χ0) is 26.6. The van der Waals surface area contributed by atoms with Crippen LogP contribution in [-0.4, -0.2) is 26.3 Å². The van der Waals surface area contributed by atoms with Crippen molar-refractivity contribution < 1.29 is 19.8 Å². The van der Waals surface area contributed by atoms with Crippen LogP contribution in [0.1, 0.15) is 32.8 Å². The van der Waals surface area contributed by atoms with Crippen LogP contribution in [-0.2, 0) is 0 Å². The molecule has 0 bridgehead atoms. The molecule has 0 spiro atoms. The third-order valence-corrected chi connectivity index (χ3v) is 8.01. The Hall–Kier alpha value is -2.93. The van der Waals surface area contributed by atoms with E-state index in [9.17, 15) is 19.8 Å². The van der Waals surface area contributed by atoms with Gasteiger partial charge in [-0.1, -0.05) is 94.4 Å². The van der Waals surface area contributed by atoms with Crippen molar-refractivity contribution in [1.29, 1.82) is 0 Å². The smallest absolute Gasteiger partial charge is 0.213 e. The summed E-state index contributed by atoms with van der Waals surface area (Å²) in [4.78, 5) is 27.3. The number of ketones is 2. The number of para-hydroxylation sites is 1. The van der Waals surface area contributed by atoms with Crippen LogP contribution >= 0.6 is 58.0 Å². The Balaban J connectivity index is 1.74. The fourth-order valence-electron chi connectivity index (χ4n) is 4.27. The zero-order valence-corrected chi connectivity index (χ0v) is 22.3. The topological polar surface area (TPSA) is 79.5 Å². The van der Waals surface area contributed by atoms with E-state index in [4.69, 9.17) is 58.0 Å². The average molecular weight is 594 g/mol. The Labute approximate surface area is 235 Å². The van der Waals surface area contributed by atoms with Gasteiger partial charge in [0.1, 0.15) is 16.7 Å². The summed E-state index contributed by atoms with van der Waals surface area (Å²) in [5, 5.41) is 22.3. The summed E-state index contributed by atoms with van der Waals surface area (Å²) in [6.07, 6.45) is -0.0598. The van der Waals surface area contributed by atoms with Gasteiger partial charge in [-0.3, -0.25) is 14.2 Å². The Bertz CT molecular complexity index is 1720. The highest BCUT2D eigenvalue weighted by molar-refractivity contribution is 6.47. The maximum atomic E-state index is 13.8. The van der Waals surface area contributed by atoms with Gasteiger partial charge in [-0.05, 0) is 29.7 Å². The summed E-state index contributed by atoms with van der Waals surface area (Å²) in [7, 11) is 0. The normalized spacial score (nSPS) is 13.6. The fraction of sp³-hybridized carbons (Fsp3) is 0.0370. The van der Waals surface area contributed by atoms with Crippen molar-refractivity contribution >= 4 is 86.0 Å². The number of phenolic OH excluding ortho intramolecular Hbond substituents is 2. The second kappa shape index (κ2) is 9.75. The molecule has 0 atom stereocenters. The molecule has 2 N–H and O–H groups in total. The van der Waals surface area contributed by atoms with Crippen molar-refractivity contribution in [3.63, 3.8) is 0 Å². The molecule has 0 amide bonds. The fourth-order valence-corrected chi connectivity index (χ4v) is 5.45.